The summed E-state index contributed by atoms with van der Waals surface area (Å²) in [4.78, 5) is 16.2. The van der Waals surface area contributed by atoms with Gasteiger partial charge in [-0.1, -0.05) is 18.7 Å². The number of piperidine rings is 1. The van der Waals surface area contributed by atoms with Gasteiger partial charge in [-0.05, 0) is 38.0 Å². The number of benzene rings is 1. The van der Waals surface area contributed by atoms with Crippen molar-refractivity contribution in [1.82, 2.24) is 9.80 Å². The molecule has 3 rings (SSSR count). The summed E-state index contributed by atoms with van der Waals surface area (Å²) in [6, 6.07) is 6.75. The second kappa shape index (κ2) is 6.55. The van der Waals surface area contributed by atoms with Crippen LogP contribution in [-0.4, -0.2) is 47.2 Å². The van der Waals surface area contributed by atoms with Crippen LogP contribution >= 0.6 is 0 Å². The van der Waals surface area contributed by atoms with Gasteiger partial charge in [-0.25, -0.2) is 9.18 Å². The van der Waals surface area contributed by atoms with E-state index in [2.05, 4.69) is 11.5 Å². The van der Waals surface area contributed by atoms with E-state index in [1.165, 1.54) is 12.1 Å². The predicted molar refractivity (Wildman–Crippen MR) is 91.1 cm³/mol. The van der Waals surface area contributed by atoms with E-state index < -0.39 is 5.60 Å². The highest BCUT2D eigenvalue weighted by atomic mass is 19.1. The Bertz CT molecular complexity index is 619. The lowest BCUT2D eigenvalue weighted by molar-refractivity contribution is 0.0150. The first-order valence-electron chi connectivity index (χ1n) is 8.60. The molecule has 0 unspecified atom stereocenters. The lowest BCUT2D eigenvalue weighted by Gasteiger charge is -2.38. The molecule has 2 saturated heterocycles. The number of likely N-dealkylation sites (tertiary alicyclic amines) is 1. The Balaban J connectivity index is 1.55. The van der Waals surface area contributed by atoms with Crippen LogP contribution in [0, 0.1) is 5.82 Å². The molecule has 0 aliphatic carbocycles. The Kier molecular flexibility index (Phi) is 4.63. The molecule has 0 N–H and O–H groups in total. The van der Waals surface area contributed by atoms with Crippen molar-refractivity contribution in [3.63, 3.8) is 0 Å². The maximum Gasteiger partial charge on any atom is 0.415 e. The number of carbonyl (C=O) groups excluding carboxylic acids is 1. The zero-order chi connectivity index (χ0) is 17.3. The molecular weight excluding hydrogens is 307 g/mol. The molecule has 0 aromatic heterocycles. The average molecular weight is 332 g/mol. The van der Waals surface area contributed by atoms with Crippen molar-refractivity contribution in [3.8, 4) is 0 Å². The Morgan fingerprint density at radius 3 is 2.42 bits per heavy atom. The van der Waals surface area contributed by atoms with Gasteiger partial charge in [-0.2, -0.15) is 0 Å². The summed E-state index contributed by atoms with van der Waals surface area (Å²) in [5.74, 6) is -0.199. The molecule has 5 heteroatoms. The Morgan fingerprint density at radius 1 is 1.25 bits per heavy atom. The quantitative estimate of drug-likeness (QED) is 0.845. The second-order valence-electron chi connectivity index (χ2n) is 6.99. The van der Waals surface area contributed by atoms with E-state index in [-0.39, 0.29) is 18.0 Å². The van der Waals surface area contributed by atoms with Crippen LogP contribution in [0.5, 0.6) is 0 Å². The van der Waals surface area contributed by atoms with Crippen LogP contribution in [0.2, 0.25) is 0 Å². The van der Waals surface area contributed by atoms with Gasteiger partial charge in [-0.15, -0.1) is 0 Å². The molecule has 2 aliphatic heterocycles. The molecule has 24 heavy (non-hydrogen) atoms. The fourth-order valence-electron chi connectivity index (χ4n) is 3.59. The molecule has 0 bridgehead atoms. The molecule has 1 spiro atoms. The van der Waals surface area contributed by atoms with Crippen molar-refractivity contribution >= 4 is 6.09 Å². The summed E-state index contributed by atoms with van der Waals surface area (Å²) in [5.41, 5.74) is 1.42. The highest BCUT2D eigenvalue weighted by Crippen LogP contribution is 2.41. The summed E-state index contributed by atoms with van der Waals surface area (Å²) in [7, 11) is 0. The fraction of sp³-hybridized carbons (Fsp3) is 0.526. The van der Waals surface area contributed by atoms with Gasteiger partial charge >= 0.3 is 6.09 Å². The van der Waals surface area contributed by atoms with Crippen molar-refractivity contribution in [2.24, 2.45) is 0 Å². The molecule has 0 atom stereocenters. The van der Waals surface area contributed by atoms with E-state index >= 15 is 0 Å². The molecule has 0 saturated carbocycles. The van der Waals surface area contributed by atoms with Crippen LogP contribution in [0.15, 0.2) is 36.5 Å². The van der Waals surface area contributed by atoms with E-state index in [9.17, 15) is 9.18 Å². The van der Waals surface area contributed by atoms with Gasteiger partial charge < -0.3 is 9.64 Å². The molecule has 1 amide bonds. The number of hydrogen-bond donors (Lipinski definition) is 0. The zero-order valence-electron chi connectivity index (χ0n) is 14.4. The molecule has 4 nitrogen and oxygen atoms in total. The van der Waals surface area contributed by atoms with Crippen LogP contribution in [0.4, 0.5) is 9.18 Å². The Morgan fingerprint density at radius 2 is 1.88 bits per heavy atom. The number of carbonyl (C=O) groups is 1. The first-order valence-corrected chi connectivity index (χ1v) is 8.60. The van der Waals surface area contributed by atoms with Gasteiger partial charge in [0.05, 0.1) is 5.70 Å². The van der Waals surface area contributed by atoms with Gasteiger partial charge in [0.2, 0.25) is 0 Å². The highest BCUT2D eigenvalue weighted by molar-refractivity contribution is 5.75. The number of hydrogen-bond acceptors (Lipinski definition) is 3. The molecular formula is C19H25FN2O2. The molecule has 2 fully saturated rings. The Labute approximate surface area is 142 Å². The minimum absolute atomic E-state index is 0.0703. The van der Waals surface area contributed by atoms with Gasteiger partial charge in [0.25, 0.3) is 0 Å². The van der Waals surface area contributed by atoms with Crippen LogP contribution < -0.4 is 0 Å². The maximum atomic E-state index is 12.9. The first kappa shape index (κ1) is 17.0. The highest BCUT2D eigenvalue weighted by Gasteiger charge is 2.50. The number of ether oxygens (including phenoxy) is 1. The molecule has 130 valence electrons. The molecule has 2 aliphatic rings. The lowest BCUT2D eigenvalue weighted by atomic mass is 9.88. The topological polar surface area (TPSA) is 32.8 Å². The minimum Gasteiger partial charge on any atom is -0.436 e. The van der Waals surface area contributed by atoms with Crippen LogP contribution in [0.3, 0.4) is 0 Å². The van der Waals surface area contributed by atoms with Gasteiger partial charge in [0, 0.05) is 38.5 Å². The zero-order valence-corrected chi connectivity index (χ0v) is 14.4. The molecule has 2 heterocycles. The largest absolute Gasteiger partial charge is 0.436 e. The summed E-state index contributed by atoms with van der Waals surface area (Å²) in [6.45, 7) is 10.8. The predicted octanol–water partition coefficient (Wildman–Crippen LogP) is 3.58. The van der Waals surface area contributed by atoms with Gasteiger partial charge in [0.15, 0.2) is 5.60 Å². The molecule has 1 aromatic rings. The van der Waals surface area contributed by atoms with Gasteiger partial charge in [-0.3, -0.25) is 4.90 Å². The van der Waals surface area contributed by atoms with Crippen LogP contribution in [0.1, 0.15) is 32.3 Å². The number of halogens is 1. The number of nitrogens with zero attached hydrogens (tertiary/aromatic N) is 2. The SMILES string of the molecule is C=C1N(C(C)C)C(=O)OC12CCN(CCc1ccc(F)cc1)CC2. The normalized spacial score (nSPS) is 20.9. The summed E-state index contributed by atoms with van der Waals surface area (Å²) < 4.78 is 18.7. The Hall–Kier alpha value is -1.88. The second-order valence-corrected chi connectivity index (χ2v) is 6.99. The standard InChI is InChI=1S/C19H25FN2O2/c1-14(2)22-15(3)19(24-18(22)23)9-12-21(13-10-19)11-8-16-4-6-17(20)7-5-16/h4-7,14H,3,8-13H2,1-2H3. The number of amides is 1. The number of rotatable bonds is 4. The van der Waals surface area contributed by atoms with Crippen LogP contribution in [0.25, 0.3) is 0 Å². The lowest BCUT2D eigenvalue weighted by Crippen LogP contribution is -2.46. The minimum atomic E-state index is -0.520. The first-order chi connectivity index (χ1) is 11.4. The maximum absolute atomic E-state index is 12.9. The van der Waals surface area contributed by atoms with E-state index in [1.807, 2.05) is 26.0 Å². The van der Waals surface area contributed by atoms with E-state index in [1.54, 1.807) is 4.90 Å². The summed E-state index contributed by atoms with van der Waals surface area (Å²) in [6.07, 6.45) is 2.19. The van der Waals surface area contributed by atoms with Crippen molar-refractivity contribution in [2.75, 3.05) is 19.6 Å². The molecule has 0 radical (unpaired) electrons. The van der Waals surface area contributed by atoms with E-state index in [4.69, 9.17) is 4.74 Å². The fourth-order valence-corrected chi connectivity index (χ4v) is 3.59. The van der Waals surface area contributed by atoms with Crippen molar-refractivity contribution in [1.29, 1.82) is 0 Å². The third-order valence-corrected chi connectivity index (χ3v) is 5.11. The smallest absolute Gasteiger partial charge is 0.415 e. The summed E-state index contributed by atoms with van der Waals surface area (Å²) >= 11 is 0. The van der Waals surface area contributed by atoms with E-state index in [0.717, 1.165) is 50.2 Å². The average Bonchev–Trinajstić information content (AvgIpc) is 2.79. The third kappa shape index (κ3) is 3.18. The molecule has 1 aromatic carbocycles. The van der Waals surface area contributed by atoms with Crippen molar-refractivity contribution in [2.45, 2.75) is 44.8 Å². The summed E-state index contributed by atoms with van der Waals surface area (Å²) in [5, 5.41) is 0. The monoisotopic (exact) mass is 332 g/mol. The van der Waals surface area contributed by atoms with Gasteiger partial charge in [0.1, 0.15) is 5.82 Å². The third-order valence-electron chi connectivity index (χ3n) is 5.11. The van der Waals surface area contributed by atoms with E-state index in [0.29, 0.717) is 0 Å². The van der Waals surface area contributed by atoms with Crippen molar-refractivity contribution < 1.29 is 13.9 Å². The van der Waals surface area contributed by atoms with Crippen molar-refractivity contribution in [3.05, 3.63) is 47.9 Å². The van der Waals surface area contributed by atoms with Crippen LogP contribution in [-0.2, 0) is 11.2 Å².